The Bertz CT molecular complexity index is 407. The van der Waals surface area contributed by atoms with E-state index in [1.165, 1.54) is 37.2 Å². The zero-order chi connectivity index (χ0) is 13.1. The monoisotopic (exact) mass is 275 g/mol. The van der Waals surface area contributed by atoms with E-state index in [9.17, 15) is 0 Å². The Balaban J connectivity index is 1.87. The van der Waals surface area contributed by atoms with Crippen LogP contribution in [0.4, 0.5) is 0 Å². The number of benzene rings is 1. The van der Waals surface area contributed by atoms with Gasteiger partial charge in [0.25, 0.3) is 0 Å². The molecule has 1 N–H and O–H groups in total. The van der Waals surface area contributed by atoms with Gasteiger partial charge >= 0.3 is 0 Å². The van der Waals surface area contributed by atoms with Gasteiger partial charge in [0.15, 0.2) is 0 Å². The van der Waals surface area contributed by atoms with Crippen molar-refractivity contribution in [3.8, 4) is 0 Å². The highest BCUT2D eigenvalue weighted by atomic mass is 32.2. The summed E-state index contributed by atoms with van der Waals surface area (Å²) >= 11 is 2.13. The van der Waals surface area contributed by atoms with E-state index < -0.39 is 0 Å². The standard InChI is InChI=1S/C17H25NS/c1-2-18-17(14-10-11-19-12-14)16-9-4-3-8-15(16)13-6-5-7-13/h3-4,8-9,13-14,17-18H,2,5-7,10-12H2,1H3. The Labute approximate surface area is 121 Å². The molecule has 1 saturated heterocycles. The molecule has 3 rings (SSSR count). The summed E-state index contributed by atoms with van der Waals surface area (Å²) in [4.78, 5) is 0. The first-order valence-corrected chi connectivity index (χ1v) is 8.95. The maximum atomic E-state index is 3.77. The first-order chi connectivity index (χ1) is 9.40. The summed E-state index contributed by atoms with van der Waals surface area (Å²) in [5.41, 5.74) is 3.23. The van der Waals surface area contributed by atoms with Crippen LogP contribution in [0.5, 0.6) is 0 Å². The molecule has 1 aliphatic carbocycles. The molecule has 2 fully saturated rings. The molecule has 1 aliphatic heterocycles. The van der Waals surface area contributed by atoms with Gasteiger partial charge in [0, 0.05) is 6.04 Å². The molecular weight excluding hydrogens is 250 g/mol. The van der Waals surface area contributed by atoms with Gasteiger partial charge in [-0.3, -0.25) is 0 Å². The normalized spacial score (nSPS) is 25.2. The van der Waals surface area contributed by atoms with E-state index in [0.717, 1.165) is 18.4 Å². The Kier molecular flexibility index (Phi) is 4.49. The van der Waals surface area contributed by atoms with Crippen LogP contribution in [0.2, 0.25) is 0 Å². The van der Waals surface area contributed by atoms with E-state index in [2.05, 4.69) is 48.3 Å². The SMILES string of the molecule is CCNC(c1ccccc1C1CCC1)C1CCSC1. The molecule has 2 heteroatoms. The minimum atomic E-state index is 0.580. The van der Waals surface area contributed by atoms with Gasteiger partial charge in [-0.2, -0.15) is 11.8 Å². The van der Waals surface area contributed by atoms with Crippen molar-refractivity contribution in [2.24, 2.45) is 5.92 Å². The molecule has 0 amide bonds. The van der Waals surface area contributed by atoms with Gasteiger partial charge < -0.3 is 5.32 Å². The lowest BCUT2D eigenvalue weighted by Gasteiger charge is -2.32. The minimum absolute atomic E-state index is 0.580. The van der Waals surface area contributed by atoms with Crippen molar-refractivity contribution >= 4 is 11.8 Å². The Morgan fingerprint density at radius 2 is 2.11 bits per heavy atom. The maximum absolute atomic E-state index is 3.77. The lowest BCUT2D eigenvalue weighted by atomic mass is 9.75. The van der Waals surface area contributed by atoms with Crippen LogP contribution in [-0.4, -0.2) is 18.1 Å². The summed E-state index contributed by atoms with van der Waals surface area (Å²) in [7, 11) is 0. The molecule has 2 atom stereocenters. The van der Waals surface area contributed by atoms with Crippen molar-refractivity contribution in [3.05, 3.63) is 35.4 Å². The van der Waals surface area contributed by atoms with Gasteiger partial charge in [-0.15, -0.1) is 0 Å². The first-order valence-electron chi connectivity index (χ1n) is 7.80. The Morgan fingerprint density at radius 3 is 2.74 bits per heavy atom. The fourth-order valence-corrected chi connectivity index (χ4v) is 4.75. The highest BCUT2D eigenvalue weighted by Gasteiger charge is 2.30. The molecule has 104 valence electrons. The second-order valence-electron chi connectivity index (χ2n) is 5.92. The third-order valence-electron chi connectivity index (χ3n) is 4.74. The first kappa shape index (κ1) is 13.5. The van der Waals surface area contributed by atoms with E-state index in [0.29, 0.717) is 6.04 Å². The molecule has 0 spiro atoms. The topological polar surface area (TPSA) is 12.0 Å². The number of rotatable bonds is 5. The van der Waals surface area contributed by atoms with Crippen LogP contribution in [0, 0.1) is 5.92 Å². The fraction of sp³-hybridized carbons (Fsp3) is 0.647. The lowest BCUT2D eigenvalue weighted by Crippen LogP contribution is -2.30. The molecule has 2 unspecified atom stereocenters. The van der Waals surface area contributed by atoms with Gasteiger partial charge in [0.05, 0.1) is 0 Å². The van der Waals surface area contributed by atoms with E-state index in [1.54, 1.807) is 11.1 Å². The number of thioether (sulfide) groups is 1. The number of hydrogen-bond acceptors (Lipinski definition) is 2. The number of nitrogens with one attached hydrogen (secondary N) is 1. The van der Waals surface area contributed by atoms with Crippen molar-refractivity contribution in [1.82, 2.24) is 5.32 Å². The Morgan fingerprint density at radius 1 is 1.26 bits per heavy atom. The fourth-order valence-electron chi connectivity index (χ4n) is 3.45. The molecule has 2 aliphatic rings. The van der Waals surface area contributed by atoms with Crippen LogP contribution < -0.4 is 5.32 Å². The summed E-state index contributed by atoms with van der Waals surface area (Å²) in [6.07, 6.45) is 5.59. The highest BCUT2D eigenvalue weighted by molar-refractivity contribution is 7.99. The lowest BCUT2D eigenvalue weighted by molar-refractivity contribution is 0.379. The molecule has 0 bridgehead atoms. The minimum Gasteiger partial charge on any atom is -0.310 e. The third kappa shape index (κ3) is 2.85. The summed E-state index contributed by atoms with van der Waals surface area (Å²) in [5, 5.41) is 3.77. The average molecular weight is 275 g/mol. The van der Waals surface area contributed by atoms with Crippen molar-refractivity contribution in [2.75, 3.05) is 18.1 Å². The van der Waals surface area contributed by atoms with Crippen LogP contribution in [0.1, 0.15) is 55.7 Å². The second-order valence-corrected chi connectivity index (χ2v) is 7.07. The predicted octanol–water partition coefficient (Wildman–Crippen LogP) is 4.36. The zero-order valence-corrected chi connectivity index (χ0v) is 12.7. The van der Waals surface area contributed by atoms with Crippen molar-refractivity contribution in [3.63, 3.8) is 0 Å². The predicted molar refractivity (Wildman–Crippen MR) is 84.9 cm³/mol. The van der Waals surface area contributed by atoms with Crippen molar-refractivity contribution < 1.29 is 0 Å². The Hall–Kier alpha value is -0.470. The molecule has 19 heavy (non-hydrogen) atoms. The molecular formula is C17H25NS. The van der Waals surface area contributed by atoms with E-state index in [1.807, 2.05) is 0 Å². The van der Waals surface area contributed by atoms with Crippen LogP contribution in [0.25, 0.3) is 0 Å². The van der Waals surface area contributed by atoms with Crippen molar-refractivity contribution in [2.45, 2.75) is 44.6 Å². The van der Waals surface area contributed by atoms with Gasteiger partial charge in [0.2, 0.25) is 0 Å². The quantitative estimate of drug-likeness (QED) is 0.857. The van der Waals surface area contributed by atoms with Crippen molar-refractivity contribution in [1.29, 1.82) is 0 Å². The average Bonchev–Trinajstić information content (AvgIpc) is 2.88. The molecule has 1 aromatic rings. The summed E-state index contributed by atoms with van der Waals surface area (Å²) in [6.45, 7) is 3.31. The van der Waals surface area contributed by atoms with Crippen LogP contribution >= 0.6 is 11.8 Å². The summed E-state index contributed by atoms with van der Waals surface area (Å²) in [5.74, 6) is 4.34. The van der Waals surface area contributed by atoms with Crippen LogP contribution in [-0.2, 0) is 0 Å². The summed E-state index contributed by atoms with van der Waals surface area (Å²) in [6, 6.07) is 9.79. The van der Waals surface area contributed by atoms with Crippen LogP contribution in [0.15, 0.2) is 24.3 Å². The van der Waals surface area contributed by atoms with E-state index in [-0.39, 0.29) is 0 Å². The molecule has 1 nitrogen and oxygen atoms in total. The van der Waals surface area contributed by atoms with Gasteiger partial charge in [-0.05, 0) is 60.3 Å². The van der Waals surface area contributed by atoms with E-state index >= 15 is 0 Å². The maximum Gasteiger partial charge on any atom is 0.0359 e. The third-order valence-corrected chi connectivity index (χ3v) is 5.92. The molecule has 1 aromatic carbocycles. The zero-order valence-electron chi connectivity index (χ0n) is 11.9. The highest BCUT2D eigenvalue weighted by Crippen LogP contribution is 2.42. The van der Waals surface area contributed by atoms with Gasteiger partial charge in [-0.25, -0.2) is 0 Å². The second kappa shape index (κ2) is 6.32. The number of hydrogen-bond donors (Lipinski definition) is 1. The molecule has 1 heterocycles. The van der Waals surface area contributed by atoms with Gasteiger partial charge in [-0.1, -0.05) is 37.6 Å². The van der Waals surface area contributed by atoms with E-state index in [4.69, 9.17) is 0 Å². The van der Waals surface area contributed by atoms with Crippen LogP contribution in [0.3, 0.4) is 0 Å². The molecule has 1 saturated carbocycles. The summed E-state index contributed by atoms with van der Waals surface area (Å²) < 4.78 is 0. The molecule has 0 aromatic heterocycles. The smallest absolute Gasteiger partial charge is 0.0359 e. The van der Waals surface area contributed by atoms with Gasteiger partial charge in [0.1, 0.15) is 0 Å². The molecule has 0 radical (unpaired) electrons. The largest absolute Gasteiger partial charge is 0.310 e.